The molecule has 1 saturated carbocycles. The van der Waals surface area contributed by atoms with Crippen LogP contribution in [0, 0.1) is 5.41 Å². The molecule has 1 heterocycles. The largest absolute Gasteiger partial charge is 0.444 e. The lowest BCUT2D eigenvalue weighted by molar-refractivity contribution is 0.0442. The fourth-order valence-corrected chi connectivity index (χ4v) is 3.32. The number of amides is 1. The topological polar surface area (TPSA) is 50.4 Å². The Hall–Kier alpha value is -0.770. The van der Waals surface area contributed by atoms with Crippen LogP contribution in [-0.4, -0.2) is 30.8 Å². The summed E-state index contributed by atoms with van der Waals surface area (Å²) >= 11 is 0. The van der Waals surface area contributed by atoms with Gasteiger partial charge in [-0.3, -0.25) is 0 Å². The van der Waals surface area contributed by atoms with Crippen LogP contribution >= 0.6 is 0 Å². The summed E-state index contributed by atoms with van der Waals surface area (Å²) in [6.45, 7) is 7.85. The van der Waals surface area contributed by atoms with Crippen LogP contribution in [0.4, 0.5) is 4.79 Å². The number of alkyl carbamates (subject to hydrolysis) is 1. The molecule has 1 saturated heterocycles. The van der Waals surface area contributed by atoms with Crippen molar-refractivity contribution >= 4 is 6.09 Å². The highest BCUT2D eigenvalue weighted by Gasteiger charge is 2.44. The number of ether oxygens (including phenoxy) is 1. The van der Waals surface area contributed by atoms with Gasteiger partial charge in [0.15, 0.2) is 0 Å². The number of rotatable bonds is 1. The van der Waals surface area contributed by atoms with Gasteiger partial charge in [-0.05, 0) is 53.0 Å². The third kappa shape index (κ3) is 3.16. The molecule has 0 aromatic heterocycles. The lowest BCUT2D eigenvalue weighted by atomic mass is 9.76. The maximum absolute atomic E-state index is 11.9. The van der Waals surface area contributed by atoms with Gasteiger partial charge < -0.3 is 15.4 Å². The maximum Gasteiger partial charge on any atom is 0.407 e. The minimum atomic E-state index is -0.416. The van der Waals surface area contributed by atoms with E-state index in [1.165, 1.54) is 25.7 Å². The number of hydrogen-bond acceptors (Lipinski definition) is 3. The summed E-state index contributed by atoms with van der Waals surface area (Å²) in [4.78, 5) is 11.9. The summed E-state index contributed by atoms with van der Waals surface area (Å²) in [6.07, 6.45) is 5.69. The van der Waals surface area contributed by atoms with Crippen LogP contribution in [0.1, 0.15) is 52.9 Å². The van der Waals surface area contributed by atoms with Crippen LogP contribution in [0.5, 0.6) is 0 Å². The molecule has 2 fully saturated rings. The molecule has 1 spiro atoms. The fraction of sp³-hybridized carbons (Fsp3) is 0.929. The molecule has 2 rings (SSSR count). The normalized spacial score (nSPS) is 32.5. The van der Waals surface area contributed by atoms with Gasteiger partial charge in [-0.2, -0.15) is 0 Å². The van der Waals surface area contributed by atoms with E-state index >= 15 is 0 Å². The Balaban J connectivity index is 1.93. The molecule has 18 heavy (non-hydrogen) atoms. The molecule has 2 atom stereocenters. The molecule has 1 aliphatic carbocycles. The third-order valence-electron chi connectivity index (χ3n) is 4.10. The van der Waals surface area contributed by atoms with Gasteiger partial charge in [-0.15, -0.1) is 0 Å². The first-order chi connectivity index (χ1) is 8.41. The lowest BCUT2D eigenvalue weighted by Gasteiger charge is -2.39. The summed E-state index contributed by atoms with van der Waals surface area (Å²) in [6, 6.07) is 0.278. The Morgan fingerprint density at radius 2 is 2.06 bits per heavy atom. The van der Waals surface area contributed by atoms with Crippen molar-refractivity contribution in [2.75, 3.05) is 13.1 Å². The maximum atomic E-state index is 11.9. The predicted molar refractivity (Wildman–Crippen MR) is 71.5 cm³/mol. The van der Waals surface area contributed by atoms with Crippen LogP contribution in [0.2, 0.25) is 0 Å². The average molecular weight is 254 g/mol. The Bertz CT molecular complexity index is 303. The van der Waals surface area contributed by atoms with E-state index in [0.717, 1.165) is 19.5 Å². The summed E-state index contributed by atoms with van der Waals surface area (Å²) < 4.78 is 5.36. The number of carbonyl (C=O) groups is 1. The molecule has 0 aromatic rings. The Labute approximate surface area is 110 Å². The Morgan fingerprint density at radius 3 is 2.67 bits per heavy atom. The van der Waals surface area contributed by atoms with E-state index in [2.05, 4.69) is 10.6 Å². The van der Waals surface area contributed by atoms with Crippen molar-refractivity contribution in [2.45, 2.75) is 64.5 Å². The molecular formula is C14H26N2O2. The van der Waals surface area contributed by atoms with E-state index in [9.17, 15) is 4.79 Å². The first-order valence-corrected chi connectivity index (χ1v) is 7.12. The van der Waals surface area contributed by atoms with E-state index in [1.54, 1.807) is 0 Å². The molecule has 0 bridgehead atoms. The van der Waals surface area contributed by atoms with Gasteiger partial charge in [-0.25, -0.2) is 4.79 Å². The standard InChI is InChI=1S/C14H26N2O2/c1-13(2,3)18-12(17)16-11-6-4-7-14(11)8-5-9-15-10-14/h11,15H,4-10H2,1-3H3,(H,16,17). The summed E-state index contributed by atoms with van der Waals surface area (Å²) in [7, 11) is 0. The second-order valence-electron chi connectivity index (χ2n) is 6.73. The molecule has 4 heteroatoms. The minimum Gasteiger partial charge on any atom is -0.444 e. The molecule has 0 radical (unpaired) electrons. The number of nitrogens with one attached hydrogen (secondary N) is 2. The zero-order chi connectivity index (χ0) is 13.2. The second kappa shape index (κ2) is 5.08. The van der Waals surface area contributed by atoms with E-state index in [4.69, 9.17) is 4.74 Å². The van der Waals surface area contributed by atoms with Crippen molar-refractivity contribution in [2.24, 2.45) is 5.41 Å². The SMILES string of the molecule is CC(C)(C)OC(=O)NC1CCCC12CCCNC2. The average Bonchev–Trinajstić information content (AvgIpc) is 2.60. The van der Waals surface area contributed by atoms with E-state index in [1.807, 2.05) is 20.8 Å². The highest BCUT2D eigenvalue weighted by atomic mass is 16.6. The van der Waals surface area contributed by atoms with Crippen LogP contribution in [0.25, 0.3) is 0 Å². The van der Waals surface area contributed by atoms with Gasteiger partial charge in [0.05, 0.1) is 0 Å². The van der Waals surface area contributed by atoms with Gasteiger partial charge in [0, 0.05) is 18.0 Å². The molecule has 104 valence electrons. The molecule has 0 aromatic carbocycles. The monoisotopic (exact) mass is 254 g/mol. The number of hydrogen-bond donors (Lipinski definition) is 2. The highest BCUT2D eigenvalue weighted by molar-refractivity contribution is 5.68. The molecule has 1 amide bonds. The predicted octanol–water partition coefficient (Wildman–Crippen LogP) is 2.43. The van der Waals surface area contributed by atoms with Gasteiger partial charge in [0.1, 0.15) is 5.60 Å². The van der Waals surface area contributed by atoms with Crippen molar-refractivity contribution in [1.82, 2.24) is 10.6 Å². The summed E-state index contributed by atoms with van der Waals surface area (Å²) in [5, 5.41) is 6.57. The Morgan fingerprint density at radius 1 is 1.33 bits per heavy atom. The molecule has 2 N–H and O–H groups in total. The van der Waals surface area contributed by atoms with E-state index in [-0.39, 0.29) is 17.6 Å². The van der Waals surface area contributed by atoms with Crippen LogP contribution in [0.15, 0.2) is 0 Å². The lowest BCUT2D eigenvalue weighted by Crippen LogP contribution is -2.52. The minimum absolute atomic E-state index is 0.264. The smallest absolute Gasteiger partial charge is 0.407 e. The van der Waals surface area contributed by atoms with Crippen molar-refractivity contribution in [1.29, 1.82) is 0 Å². The fourth-order valence-electron chi connectivity index (χ4n) is 3.32. The van der Waals surface area contributed by atoms with Gasteiger partial charge >= 0.3 is 6.09 Å². The number of piperidine rings is 1. The summed E-state index contributed by atoms with van der Waals surface area (Å²) in [5.74, 6) is 0. The van der Waals surface area contributed by atoms with E-state index < -0.39 is 5.60 Å². The third-order valence-corrected chi connectivity index (χ3v) is 4.10. The van der Waals surface area contributed by atoms with Crippen molar-refractivity contribution in [3.05, 3.63) is 0 Å². The van der Waals surface area contributed by atoms with Gasteiger partial charge in [0.25, 0.3) is 0 Å². The number of carbonyl (C=O) groups excluding carboxylic acids is 1. The highest BCUT2D eigenvalue weighted by Crippen LogP contribution is 2.43. The van der Waals surface area contributed by atoms with Crippen LogP contribution in [-0.2, 0) is 4.74 Å². The first-order valence-electron chi connectivity index (χ1n) is 7.12. The van der Waals surface area contributed by atoms with Crippen molar-refractivity contribution < 1.29 is 9.53 Å². The van der Waals surface area contributed by atoms with Crippen molar-refractivity contribution in [3.8, 4) is 0 Å². The molecule has 1 aliphatic heterocycles. The van der Waals surface area contributed by atoms with Crippen LogP contribution in [0.3, 0.4) is 0 Å². The van der Waals surface area contributed by atoms with Gasteiger partial charge in [0.2, 0.25) is 0 Å². The summed E-state index contributed by atoms with van der Waals surface area (Å²) in [5.41, 5.74) is -0.143. The zero-order valence-electron chi connectivity index (χ0n) is 11.8. The van der Waals surface area contributed by atoms with E-state index in [0.29, 0.717) is 0 Å². The van der Waals surface area contributed by atoms with Crippen molar-refractivity contribution in [3.63, 3.8) is 0 Å². The quantitative estimate of drug-likeness (QED) is 0.755. The zero-order valence-corrected chi connectivity index (χ0v) is 11.8. The van der Waals surface area contributed by atoms with Crippen LogP contribution < -0.4 is 10.6 Å². The molecular weight excluding hydrogens is 228 g/mol. The molecule has 2 unspecified atom stereocenters. The second-order valence-corrected chi connectivity index (χ2v) is 6.73. The van der Waals surface area contributed by atoms with Gasteiger partial charge in [-0.1, -0.05) is 6.42 Å². The molecule has 2 aliphatic rings. The Kier molecular flexibility index (Phi) is 3.85. The molecule has 4 nitrogen and oxygen atoms in total. The first kappa shape index (κ1) is 13.7.